The van der Waals surface area contributed by atoms with E-state index in [1.54, 1.807) is 12.1 Å². The zero-order chi connectivity index (χ0) is 12.0. The topological polar surface area (TPSA) is 88.5 Å². The van der Waals surface area contributed by atoms with Crippen molar-refractivity contribution in [1.82, 2.24) is 5.32 Å². The first kappa shape index (κ1) is 12.7. The first-order chi connectivity index (χ1) is 7.67. The lowest BCUT2D eigenvalue weighted by molar-refractivity contribution is 0.0906. The third-order valence-electron chi connectivity index (χ3n) is 2.26. The van der Waals surface area contributed by atoms with Gasteiger partial charge in [0.2, 0.25) is 0 Å². The molecule has 0 bridgehead atoms. The Balaban J connectivity index is 2.45. The predicted octanol–water partition coefficient (Wildman–Crippen LogP) is 0.629. The number of nitrogens with one attached hydrogen (secondary N) is 1. The van der Waals surface area contributed by atoms with Crippen LogP contribution in [0.1, 0.15) is 36.1 Å². The van der Waals surface area contributed by atoms with Gasteiger partial charge in [0.15, 0.2) is 5.76 Å². The van der Waals surface area contributed by atoms with E-state index in [1.165, 1.54) is 0 Å². The molecule has 1 rings (SSSR count). The molecule has 90 valence electrons. The van der Waals surface area contributed by atoms with Crippen molar-refractivity contribution in [3.05, 3.63) is 23.7 Å². The molecule has 0 aliphatic carbocycles. The molecule has 1 atom stereocenters. The number of furan rings is 1. The van der Waals surface area contributed by atoms with E-state index in [0.717, 1.165) is 6.42 Å². The number of hydrogen-bond donors (Lipinski definition) is 3. The molecule has 0 radical (unpaired) electrons. The van der Waals surface area contributed by atoms with Crippen LogP contribution in [-0.2, 0) is 6.54 Å². The third-order valence-corrected chi connectivity index (χ3v) is 2.26. The molecule has 0 spiro atoms. The largest absolute Gasteiger partial charge is 0.455 e. The predicted molar refractivity (Wildman–Crippen MR) is 59.8 cm³/mol. The fourth-order valence-electron chi connectivity index (χ4n) is 1.37. The van der Waals surface area contributed by atoms with Crippen LogP contribution in [0.4, 0.5) is 0 Å². The van der Waals surface area contributed by atoms with Crippen molar-refractivity contribution in [1.29, 1.82) is 0 Å². The van der Waals surface area contributed by atoms with Crippen LogP contribution in [0.5, 0.6) is 0 Å². The summed E-state index contributed by atoms with van der Waals surface area (Å²) in [5, 5.41) is 11.4. The highest BCUT2D eigenvalue weighted by atomic mass is 16.4. The molecular weight excluding hydrogens is 208 g/mol. The second-order valence-electron chi connectivity index (χ2n) is 3.71. The zero-order valence-corrected chi connectivity index (χ0v) is 9.40. The smallest absolute Gasteiger partial charge is 0.287 e. The van der Waals surface area contributed by atoms with Gasteiger partial charge in [-0.15, -0.1) is 0 Å². The minimum Gasteiger partial charge on any atom is -0.455 e. The third kappa shape index (κ3) is 3.67. The van der Waals surface area contributed by atoms with Gasteiger partial charge < -0.3 is 20.6 Å². The standard InChI is InChI=1S/C11H18N2O3/c1-8(3-2-6-14)13-11(15)10-5-4-9(7-12)16-10/h4-5,8,14H,2-3,6-7,12H2,1H3,(H,13,15). The lowest BCUT2D eigenvalue weighted by atomic mass is 10.2. The van der Waals surface area contributed by atoms with Crippen molar-refractivity contribution in [3.63, 3.8) is 0 Å². The summed E-state index contributed by atoms with van der Waals surface area (Å²) in [4.78, 5) is 11.6. The van der Waals surface area contributed by atoms with Gasteiger partial charge in [-0.05, 0) is 31.9 Å². The highest BCUT2D eigenvalue weighted by Crippen LogP contribution is 2.07. The maximum atomic E-state index is 11.6. The number of carbonyl (C=O) groups excluding carboxylic acids is 1. The maximum absolute atomic E-state index is 11.6. The van der Waals surface area contributed by atoms with Gasteiger partial charge in [-0.3, -0.25) is 4.79 Å². The molecular formula is C11H18N2O3. The molecule has 0 saturated carbocycles. The van der Waals surface area contributed by atoms with E-state index < -0.39 is 0 Å². The molecule has 0 saturated heterocycles. The van der Waals surface area contributed by atoms with E-state index in [-0.39, 0.29) is 30.9 Å². The second kappa shape index (κ2) is 6.30. The molecule has 1 heterocycles. The summed E-state index contributed by atoms with van der Waals surface area (Å²) < 4.78 is 5.21. The van der Waals surface area contributed by atoms with Gasteiger partial charge >= 0.3 is 0 Å². The minimum absolute atomic E-state index is 0.0195. The molecule has 0 aliphatic heterocycles. The SMILES string of the molecule is CC(CCCO)NC(=O)c1ccc(CN)o1. The molecule has 1 aromatic heterocycles. The molecule has 0 aliphatic rings. The summed E-state index contributed by atoms with van der Waals surface area (Å²) >= 11 is 0. The zero-order valence-electron chi connectivity index (χ0n) is 9.40. The number of nitrogens with two attached hydrogens (primary N) is 1. The molecule has 1 amide bonds. The summed E-state index contributed by atoms with van der Waals surface area (Å²) in [6.45, 7) is 2.31. The number of aliphatic hydroxyl groups is 1. The lowest BCUT2D eigenvalue weighted by Gasteiger charge is -2.11. The molecule has 5 nitrogen and oxygen atoms in total. The number of hydrogen-bond acceptors (Lipinski definition) is 4. The quantitative estimate of drug-likeness (QED) is 0.663. The van der Waals surface area contributed by atoms with Gasteiger partial charge in [0.1, 0.15) is 5.76 Å². The van der Waals surface area contributed by atoms with Gasteiger partial charge in [0.25, 0.3) is 5.91 Å². The van der Waals surface area contributed by atoms with Crippen molar-refractivity contribution in [2.45, 2.75) is 32.4 Å². The van der Waals surface area contributed by atoms with Crippen LogP contribution < -0.4 is 11.1 Å². The fourth-order valence-corrected chi connectivity index (χ4v) is 1.37. The van der Waals surface area contributed by atoms with E-state index in [0.29, 0.717) is 12.2 Å². The van der Waals surface area contributed by atoms with Crippen molar-refractivity contribution in [2.75, 3.05) is 6.61 Å². The van der Waals surface area contributed by atoms with Gasteiger partial charge in [-0.1, -0.05) is 0 Å². The van der Waals surface area contributed by atoms with E-state index in [2.05, 4.69) is 5.32 Å². The monoisotopic (exact) mass is 226 g/mol. The van der Waals surface area contributed by atoms with Crippen LogP contribution in [0.2, 0.25) is 0 Å². The molecule has 1 aromatic rings. The van der Waals surface area contributed by atoms with Crippen molar-refractivity contribution in [2.24, 2.45) is 5.73 Å². The molecule has 1 unspecified atom stereocenters. The van der Waals surface area contributed by atoms with Crippen LogP contribution in [0.15, 0.2) is 16.5 Å². The van der Waals surface area contributed by atoms with Gasteiger partial charge in [0, 0.05) is 12.6 Å². The highest BCUT2D eigenvalue weighted by molar-refractivity contribution is 5.91. The van der Waals surface area contributed by atoms with Crippen LogP contribution in [-0.4, -0.2) is 23.7 Å². The number of rotatable bonds is 6. The number of aliphatic hydroxyl groups excluding tert-OH is 1. The molecule has 16 heavy (non-hydrogen) atoms. The summed E-state index contributed by atoms with van der Waals surface area (Å²) in [6, 6.07) is 3.31. The lowest BCUT2D eigenvalue weighted by Crippen LogP contribution is -2.32. The van der Waals surface area contributed by atoms with Crippen molar-refractivity contribution >= 4 is 5.91 Å². The minimum atomic E-state index is -0.245. The van der Waals surface area contributed by atoms with E-state index in [4.69, 9.17) is 15.3 Å². The average molecular weight is 226 g/mol. The van der Waals surface area contributed by atoms with E-state index in [9.17, 15) is 4.79 Å². The summed E-state index contributed by atoms with van der Waals surface area (Å²) in [5.74, 6) is 0.620. The molecule has 0 fully saturated rings. The molecule has 0 aromatic carbocycles. The average Bonchev–Trinajstić information content (AvgIpc) is 2.74. The maximum Gasteiger partial charge on any atom is 0.287 e. The number of carbonyl (C=O) groups is 1. The Kier molecular flexibility index (Phi) is 5.01. The number of amides is 1. The normalized spacial score (nSPS) is 12.4. The second-order valence-corrected chi connectivity index (χ2v) is 3.71. The Morgan fingerprint density at radius 2 is 2.38 bits per heavy atom. The summed E-state index contributed by atoms with van der Waals surface area (Å²) in [7, 11) is 0. The van der Waals surface area contributed by atoms with Gasteiger partial charge in [0.05, 0.1) is 6.54 Å². The highest BCUT2D eigenvalue weighted by Gasteiger charge is 2.13. The van der Waals surface area contributed by atoms with Crippen LogP contribution in [0, 0.1) is 0 Å². The van der Waals surface area contributed by atoms with Crippen molar-refractivity contribution in [3.8, 4) is 0 Å². The van der Waals surface area contributed by atoms with Crippen LogP contribution >= 0.6 is 0 Å². The Hall–Kier alpha value is -1.33. The van der Waals surface area contributed by atoms with E-state index >= 15 is 0 Å². The Morgan fingerprint density at radius 1 is 1.62 bits per heavy atom. The van der Waals surface area contributed by atoms with E-state index in [1.807, 2.05) is 6.92 Å². The molecule has 4 N–H and O–H groups in total. The van der Waals surface area contributed by atoms with Gasteiger partial charge in [-0.25, -0.2) is 0 Å². The van der Waals surface area contributed by atoms with Crippen LogP contribution in [0.3, 0.4) is 0 Å². The Labute approximate surface area is 94.6 Å². The van der Waals surface area contributed by atoms with Crippen LogP contribution in [0.25, 0.3) is 0 Å². The molecule has 5 heteroatoms. The summed E-state index contributed by atoms with van der Waals surface area (Å²) in [6.07, 6.45) is 1.42. The fraction of sp³-hybridized carbons (Fsp3) is 0.545. The Morgan fingerprint density at radius 3 is 2.94 bits per heavy atom. The van der Waals surface area contributed by atoms with Gasteiger partial charge in [-0.2, -0.15) is 0 Å². The first-order valence-corrected chi connectivity index (χ1v) is 5.38. The van der Waals surface area contributed by atoms with Crippen molar-refractivity contribution < 1.29 is 14.3 Å². The summed E-state index contributed by atoms with van der Waals surface area (Å²) in [5.41, 5.74) is 5.38. The first-order valence-electron chi connectivity index (χ1n) is 5.38. The Bertz CT molecular complexity index is 336.